The van der Waals surface area contributed by atoms with Gasteiger partial charge in [0.2, 0.25) is 0 Å². The van der Waals surface area contributed by atoms with Crippen molar-refractivity contribution in [3.63, 3.8) is 0 Å². The van der Waals surface area contributed by atoms with E-state index in [9.17, 15) is 35.5 Å². The van der Waals surface area contributed by atoms with Gasteiger partial charge in [0.15, 0.2) is 0 Å². The second-order valence-corrected chi connectivity index (χ2v) is 6.16. The Bertz CT molecular complexity index is 555. The molecule has 0 fully saturated rings. The molecule has 0 spiro atoms. The van der Waals surface area contributed by atoms with Crippen molar-refractivity contribution in [3.05, 3.63) is 32.2 Å². The lowest BCUT2D eigenvalue weighted by Crippen LogP contribution is -2.50. The van der Waals surface area contributed by atoms with Crippen LogP contribution in [0.2, 0.25) is 0 Å². The summed E-state index contributed by atoms with van der Waals surface area (Å²) in [5, 5.41) is 0. The quantitative estimate of drug-likeness (QED) is 0.535. The van der Waals surface area contributed by atoms with E-state index in [1.165, 1.54) is 6.92 Å². The van der Waals surface area contributed by atoms with Gasteiger partial charge in [-0.3, -0.25) is 4.79 Å². The molecule has 0 atom stereocenters. The number of Topliss-reactive ketones (excluding diaryl/α,β-unsaturated/α-hetero) is 1. The monoisotopic (exact) mass is 458 g/mol. The van der Waals surface area contributed by atoms with Crippen molar-refractivity contribution in [1.29, 1.82) is 0 Å². The second kappa shape index (κ2) is 6.10. The molecule has 0 saturated heterocycles. The van der Waals surface area contributed by atoms with Crippen LogP contribution in [0, 0.1) is 0 Å². The number of carbonyl (C=O) groups is 1. The molecule has 0 unspecified atom stereocenters. The molecular weight excluding hydrogens is 453 g/mol. The molecule has 0 aromatic heterocycles. The Kier molecular flexibility index (Phi) is 5.38. The Labute approximate surface area is 137 Å². The summed E-state index contributed by atoms with van der Waals surface area (Å²) in [6.45, 7) is 1.19. The van der Waals surface area contributed by atoms with Gasteiger partial charge in [-0.1, -0.05) is 31.9 Å². The minimum Gasteiger partial charge on any atom is -0.300 e. The molecule has 0 aliphatic rings. The summed E-state index contributed by atoms with van der Waals surface area (Å²) in [5.41, 5.74) is -7.01. The standard InChI is InChI=1S/C12H7Br2F7O/c1-5(22)2-7-8(13)3-6(4-9(7)14)10(15,11(16,17)18)12(19,20)21/h3-4H,2H2,1H3. The molecule has 0 bridgehead atoms. The number of hydrogen-bond acceptors (Lipinski definition) is 1. The topological polar surface area (TPSA) is 17.1 Å². The Morgan fingerprint density at radius 2 is 1.32 bits per heavy atom. The van der Waals surface area contributed by atoms with Crippen molar-refractivity contribution in [2.75, 3.05) is 0 Å². The minimum atomic E-state index is -6.19. The maximum absolute atomic E-state index is 13.9. The number of ketones is 1. The highest BCUT2D eigenvalue weighted by Crippen LogP contribution is 2.54. The molecule has 10 heteroatoms. The zero-order valence-electron chi connectivity index (χ0n) is 10.7. The Morgan fingerprint density at radius 3 is 1.59 bits per heavy atom. The molecule has 0 amide bonds. The van der Waals surface area contributed by atoms with Gasteiger partial charge in [-0.2, -0.15) is 26.3 Å². The first-order valence-corrected chi connectivity index (χ1v) is 7.10. The van der Waals surface area contributed by atoms with Gasteiger partial charge in [0.05, 0.1) is 0 Å². The van der Waals surface area contributed by atoms with Crippen molar-refractivity contribution in [2.45, 2.75) is 31.4 Å². The highest BCUT2D eigenvalue weighted by molar-refractivity contribution is 9.11. The minimum absolute atomic E-state index is 0.128. The van der Waals surface area contributed by atoms with Gasteiger partial charge in [-0.15, -0.1) is 0 Å². The number of hydrogen-bond donors (Lipinski definition) is 0. The van der Waals surface area contributed by atoms with E-state index in [1.807, 2.05) is 0 Å². The molecular formula is C12H7Br2F7O. The van der Waals surface area contributed by atoms with Crippen LogP contribution in [-0.4, -0.2) is 18.1 Å². The first-order valence-electron chi connectivity index (χ1n) is 5.52. The summed E-state index contributed by atoms with van der Waals surface area (Å²) in [4.78, 5) is 11.0. The highest BCUT2D eigenvalue weighted by Gasteiger charge is 2.73. The molecule has 0 radical (unpaired) electrons. The molecule has 0 aliphatic heterocycles. The SMILES string of the molecule is CC(=O)Cc1c(Br)cc(C(F)(C(F)(F)F)C(F)(F)F)cc1Br. The van der Waals surface area contributed by atoms with Gasteiger partial charge in [0.1, 0.15) is 5.78 Å². The fraction of sp³-hybridized carbons (Fsp3) is 0.417. The van der Waals surface area contributed by atoms with Crippen LogP contribution in [0.4, 0.5) is 30.7 Å². The Hall–Kier alpha value is -0.640. The van der Waals surface area contributed by atoms with Gasteiger partial charge in [-0.05, 0) is 24.6 Å². The van der Waals surface area contributed by atoms with Gasteiger partial charge < -0.3 is 0 Å². The number of alkyl halides is 7. The van der Waals surface area contributed by atoms with Crippen LogP contribution >= 0.6 is 31.9 Å². The van der Waals surface area contributed by atoms with Crippen LogP contribution < -0.4 is 0 Å². The molecule has 0 aliphatic carbocycles. The Balaban J connectivity index is 3.58. The summed E-state index contributed by atoms with van der Waals surface area (Å²) < 4.78 is 89.5. The number of benzene rings is 1. The fourth-order valence-electron chi connectivity index (χ4n) is 1.71. The predicted molar refractivity (Wildman–Crippen MR) is 71.1 cm³/mol. The highest BCUT2D eigenvalue weighted by atomic mass is 79.9. The molecule has 22 heavy (non-hydrogen) atoms. The van der Waals surface area contributed by atoms with Crippen LogP contribution in [0.5, 0.6) is 0 Å². The number of halogens is 9. The average Bonchev–Trinajstić information content (AvgIpc) is 2.29. The number of rotatable bonds is 3. The summed E-state index contributed by atoms with van der Waals surface area (Å²) in [5.74, 6) is -0.368. The average molecular weight is 460 g/mol. The molecule has 1 aromatic carbocycles. The van der Waals surface area contributed by atoms with Crippen LogP contribution in [0.15, 0.2) is 21.1 Å². The molecule has 0 N–H and O–H groups in total. The molecule has 124 valence electrons. The lowest BCUT2D eigenvalue weighted by atomic mass is 9.92. The molecule has 1 aromatic rings. The normalized spacial score (nSPS) is 13.4. The lowest BCUT2D eigenvalue weighted by Gasteiger charge is -2.30. The smallest absolute Gasteiger partial charge is 0.300 e. The third kappa shape index (κ3) is 3.47. The third-order valence-corrected chi connectivity index (χ3v) is 4.16. The second-order valence-electron chi connectivity index (χ2n) is 4.45. The van der Waals surface area contributed by atoms with E-state index in [0.717, 1.165) is 0 Å². The summed E-state index contributed by atoms with van der Waals surface area (Å²) in [6.07, 6.45) is -12.6. The molecule has 1 rings (SSSR count). The van der Waals surface area contributed by atoms with Crippen molar-refractivity contribution in [2.24, 2.45) is 0 Å². The lowest BCUT2D eigenvalue weighted by molar-refractivity contribution is -0.348. The third-order valence-electron chi connectivity index (χ3n) is 2.75. The zero-order valence-corrected chi connectivity index (χ0v) is 13.8. The van der Waals surface area contributed by atoms with Crippen molar-refractivity contribution in [1.82, 2.24) is 0 Å². The predicted octanol–water partition coefficient (Wildman–Crippen LogP) is 5.63. The maximum atomic E-state index is 13.9. The zero-order chi connectivity index (χ0) is 17.5. The van der Waals surface area contributed by atoms with E-state index in [-0.39, 0.29) is 26.7 Å². The first kappa shape index (κ1) is 19.4. The number of carbonyl (C=O) groups excluding carboxylic acids is 1. The maximum Gasteiger partial charge on any atom is 0.435 e. The van der Waals surface area contributed by atoms with Crippen LogP contribution in [0.1, 0.15) is 18.1 Å². The van der Waals surface area contributed by atoms with Gasteiger partial charge in [-0.25, -0.2) is 4.39 Å². The molecule has 1 nitrogen and oxygen atoms in total. The fourth-order valence-corrected chi connectivity index (χ4v) is 3.17. The summed E-state index contributed by atoms with van der Waals surface area (Å²) in [7, 11) is 0. The van der Waals surface area contributed by atoms with Crippen molar-refractivity contribution < 1.29 is 35.5 Å². The van der Waals surface area contributed by atoms with E-state index >= 15 is 0 Å². The van der Waals surface area contributed by atoms with Gasteiger partial charge in [0, 0.05) is 20.9 Å². The largest absolute Gasteiger partial charge is 0.435 e. The van der Waals surface area contributed by atoms with Crippen LogP contribution in [0.25, 0.3) is 0 Å². The van der Waals surface area contributed by atoms with Crippen molar-refractivity contribution >= 4 is 37.6 Å². The van der Waals surface area contributed by atoms with Crippen molar-refractivity contribution in [3.8, 4) is 0 Å². The molecule has 0 saturated carbocycles. The van der Waals surface area contributed by atoms with Crippen LogP contribution in [-0.2, 0) is 16.9 Å². The summed E-state index contributed by atoms with van der Waals surface area (Å²) >= 11 is 5.54. The van der Waals surface area contributed by atoms with Gasteiger partial charge in [0.25, 0.3) is 0 Å². The molecule has 0 heterocycles. The van der Waals surface area contributed by atoms with E-state index < -0.39 is 23.6 Å². The van der Waals surface area contributed by atoms with E-state index in [4.69, 9.17) is 0 Å². The van der Waals surface area contributed by atoms with E-state index in [2.05, 4.69) is 31.9 Å². The van der Waals surface area contributed by atoms with E-state index in [0.29, 0.717) is 12.1 Å². The Morgan fingerprint density at radius 1 is 0.955 bits per heavy atom. The van der Waals surface area contributed by atoms with E-state index in [1.54, 1.807) is 0 Å². The first-order chi connectivity index (χ1) is 9.71. The van der Waals surface area contributed by atoms with Crippen LogP contribution in [0.3, 0.4) is 0 Å². The van der Waals surface area contributed by atoms with Gasteiger partial charge >= 0.3 is 18.0 Å². The summed E-state index contributed by atoms with van der Waals surface area (Å²) in [6, 6.07) is 0.758.